The fourth-order valence-electron chi connectivity index (χ4n) is 2.77. The Morgan fingerprint density at radius 2 is 1.52 bits per heavy atom. The maximum absolute atomic E-state index is 5.73. The molecule has 0 bridgehead atoms. The highest BCUT2D eigenvalue weighted by Gasteiger charge is 2.12. The third-order valence-corrected chi connectivity index (χ3v) is 4.40. The zero-order chi connectivity index (χ0) is 19.7. The standard InChI is InChI=1S/C23H33NO3/c1-6-26-13-14-27-21-12-9-19(15-22(21)25-5)17-24-16-18-7-10-20(11-8-18)23(2,3)4/h7-12,15,24H,6,13-14,16-17H2,1-5H3. The third kappa shape index (κ3) is 6.89. The van der Waals surface area contributed by atoms with Crippen LogP contribution in [0.2, 0.25) is 0 Å². The van der Waals surface area contributed by atoms with Crippen LogP contribution in [0.4, 0.5) is 0 Å². The van der Waals surface area contributed by atoms with E-state index < -0.39 is 0 Å². The van der Waals surface area contributed by atoms with Crippen molar-refractivity contribution >= 4 is 0 Å². The molecule has 2 aromatic carbocycles. The van der Waals surface area contributed by atoms with Crippen LogP contribution in [0.15, 0.2) is 42.5 Å². The van der Waals surface area contributed by atoms with Crippen molar-refractivity contribution in [2.24, 2.45) is 0 Å². The SMILES string of the molecule is CCOCCOc1ccc(CNCc2ccc(C(C)(C)C)cc2)cc1OC. The van der Waals surface area contributed by atoms with Crippen LogP contribution >= 0.6 is 0 Å². The van der Waals surface area contributed by atoms with E-state index in [1.54, 1.807) is 7.11 Å². The zero-order valence-electron chi connectivity index (χ0n) is 17.3. The van der Waals surface area contributed by atoms with E-state index in [4.69, 9.17) is 14.2 Å². The van der Waals surface area contributed by atoms with Gasteiger partial charge in [-0.1, -0.05) is 51.1 Å². The van der Waals surface area contributed by atoms with Crippen molar-refractivity contribution in [3.63, 3.8) is 0 Å². The van der Waals surface area contributed by atoms with Gasteiger partial charge in [0.05, 0.1) is 13.7 Å². The van der Waals surface area contributed by atoms with E-state index in [1.165, 1.54) is 11.1 Å². The lowest BCUT2D eigenvalue weighted by molar-refractivity contribution is 0.109. The first-order valence-electron chi connectivity index (χ1n) is 9.61. The Morgan fingerprint density at radius 3 is 2.15 bits per heavy atom. The molecule has 0 saturated heterocycles. The fraction of sp³-hybridized carbons (Fsp3) is 0.478. The maximum Gasteiger partial charge on any atom is 0.161 e. The Bertz CT molecular complexity index is 690. The Labute approximate surface area is 163 Å². The molecule has 0 fully saturated rings. The Morgan fingerprint density at radius 1 is 0.852 bits per heavy atom. The van der Waals surface area contributed by atoms with Gasteiger partial charge in [0.25, 0.3) is 0 Å². The predicted octanol–water partition coefficient (Wildman–Crippen LogP) is 4.70. The Hall–Kier alpha value is -2.04. The zero-order valence-corrected chi connectivity index (χ0v) is 17.3. The van der Waals surface area contributed by atoms with Gasteiger partial charge in [-0.05, 0) is 41.2 Å². The fourth-order valence-corrected chi connectivity index (χ4v) is 2.77. The molecule has 0 heterocycles. The first-order valence-corrected chi connectivity index (χ1v) is 9.61. The van der Waals surface area contributed by atoms with Crippen LogP contribution in [-0.2, 0) is 23.2 Å². The number of methoxy groups -OCH3 is 1. The largest absolute Gasteiger partial charge is 0.493 e. The Balaban J connectivity index is 1.86. The second-order valence-electron chi connectivity index (χ2n) is 7.58. The lowest BCUT2D eigenvalue weighted by atomic mass is 9.87. The summed E-state index contributed by atoms with van der Waals surface area (Å²) in [5.41, 5.74) is 3.99. The van der Waals surface area contributed by atoms with Gasteiger partial charge < -0.3 is 19.5 Å². The molecule has 0 aromatic heterocycles. The minimum atomic E-state index is 0.189. The molecule has 1 N–H and O–H groups in total. The molecule has 0 radical (unpaired) electrons. The average molecular weight is 372 g/mol. The molecule has 0 aliphatic heterocycles. The van der Waals surface area contributed by atoms with Gasteiger partial charge in [0.2, 0.25) is 0 Å². The maximum atomic E-state index is 5.73. The number of hydrogen-bond acceptors (Lipinski definition) is 4. The lowest BCUT2D eigenvalue weighted by Crippen LogP contribution is -2.14. The predicted molar refractivity (Wildman–Crippen MR) is 111 cm³/mol. The molecular weight excluding hydrogens is 338 g/mol. The quantitative estimate of drug-likeness (QED) is 0.615. The number of ether oxygens (including phenoxy) is 3. The molecule has 2 aromatic rings. The molecule has 2 rings (SSSR count). The van der Waals surface area contributed by atoms with Gasteiger partial charge in [0.1, 0.15) is 6.61 Å². The van der Waals surface area contributed by atoms with Crippen molar-refractivity contribution in [2.45, 2.75) is 46.2 Å². The van der Waals surface area contributed by atoms with Crippen molar-refractivity contribution in [3.8, 4) is 11.5 Å². The summed E-state index contributed by atoms with van der Waals surface area (Å²) in [6, 6.07) is 14.9. The second-order valence-corrected chi connectivity index (χ2v) is 7.58. The molecule has 0 amide bonds. The molecule has 27 heavy (non-hydrogen) atoms. The molecular formula is C23H33NO3. The summed E-state index contributed by atoms with van der Waals surface area (Å²) in [6.07, 6.45) is 0. The van der Waals surface area contributed by atoms with Crippen LogP contribution in [0.1, 0.15) is 44.4 Å². The highest BCUT2D eigenvalue weighted by Crippen LogP contribution is 2.28. The lowest BCUT2D eigenvalue weighted by Gasteiger charge is -2.19. The molecule has 4 nitrogen and oxygen atoms in total. The van der Waals surface area contributed by atoms with Gasteiger partial charge in [0.15, 0.2) is 11.5 Å². The highest BCUT2D eigenvalue weighted by atomic mass is 16.5. The highest BCUT2D eigenvalue weighted by molar-refractivity contribution is 5.43. The normalized spacial score (nSPS) is 11.4. The molecule has 0 unspecified atom stereocenters. The van der Waals surface area contributed by atoms with Crippen molar-refractivity contribution in [3.05, 3.63) is 59.2 Å². The van der Waals surface area contributed by atoms with Crippen molar-refractivity contribution in [1.29, 1.82) is 0 Å². The summed E-state index contributed by atoms with van der Waals surface area (Å²) in [7, 11) is 1.67. The van der Waals surface area contributed by atoms with Crippen LogP contribution < -0.4 is 14.8 Å². The second kappa shape index (κ2) is 10.3. The molecule has 0 spiro atoms. The summed E-state index contributed by atoms with van der Waals surface area (Å²) in [5, 5.41) is 3.49. The van der Waals surface area contributed by atoms with Crippen LogP contribution in [0.3, 0.4) is 0 Å². The molecule has 0 aliphatic carbocycles. The van der Waals surface area contributed by atoms with Gasteiger partial charge in [-0.15, -0.1) is 0 Å². The van der Waals surface area contributed by atoms with Crippen molar-refractivity contribution in [1.82, 2.24) is 5.32 Å². The van der Waals surface area contributed by atoms with Gasteiger partial charge in [-0.2, -0.15) is 0 Å². The topological polar surface area (TPSA) is 39.7 Å². The van der Waals surface area contributed by atoms with Crippen molar-refractivity contribution < 1.29 is 14.2 Å². The van der Waals surface area contributed by atoms with Crippen LogP contribution in [0.5, 0.6) is 11.5 Å². The minimum absolute atomic E-state index is 0.189. The summed E-state index contributed by atoms with van der Waals surface area (Å²) in [6.45, 7) is 12.1. The van der Waals surface area contributed by atoms with Gasteiger partial charge in [-0.3, -0.25) is 0 Å². The van der Waals surface area contributed by atoms with E-state index in [1.807, 2.05) is 19.1 Å². The average Bonchev–Trinajstić information content (AvgIpc) is 2.65. The van der Waals surface area contributed by atoms with E-state index >= 15 is 0 Å². The third-order valence-electron chi connectivity index (χ3n) is 4.40. The van der Waals surface area contributed by atoms with Crippen LogP contribution in [0.25, 0.3) is 0 Å². The Kier molecular flexibility index (Phi) is 8.14. The van der Waals surface area contributed by atoms with E-state index in [2.05, 4.69) is 56.4 Å². The number of benzene rings is 2. The molecule has 4 heteroatoms. The molecule has 148 valence electrons. The minimum Gasteiger partial charge on any atom is -0.493 e. The summed E-state index contributed by atoms with van der Waals surface area (Å²) < 4.78 is 16.5. The summed E-state index contributed by atoms with van der Waals surface area (Å²) in [4.78, 5) is 0. The molecule has 0 saturated carbocycles. The summed E-state index contributed by atoms with van der Waals surface area (Å²) >= 11 is 0. The van der Waals surface area contributed by atoms with E-state index in [0.29, 0.717) is 19.8 Å². The first kappa shape index (κ1) is 21.3. The van der Waals surface area contributed by atoms with E-state index in [0.717, 1.165) is 30.2 Å². The van der Waals surface area contributed by atoms with Crippen LogP contribution in [0, 0.1) is 0 Å². The van der Waals surface area contributed by atoms with E-state index in [9.17, 15) is 0 Å². The smallest absolute Gasteiger partial charge is 0.161 e. The number of hydrogen-bond donors (Lipinski definition) is 1. The van der Waals surface area contributed by atoms with Gasteiger partial charge in [-0.25, -0.2) is 0 Å². The van der Waals surface area contributed by atoms with E-state index in [-0.39, 0.29) is 5.41 Å². The summed E-state index contributed by atoms with van der Waals surface area (Å²) in [5.74, 6) is 1.50. The number of rotatable bonds is 10. The van der Waals surface area contributed by atoms with Crippen molar-refractivity contribution in [2.75, 3.05) is 26.9 Å². The van der Waals surface area contributed by atoms with Gasteiger partial charge >= 0.3 is 0 Å². The first-order chi connectivity index (χ1) is 12.9. The molecule has 0 aliphatic rings. The van der Waals surface area contributed by atoms with Gasteiger partial charge in [0, 0.05) is 19.7 Å². The number of nitrogens with one attached hydrogen (secondary N) is 1. The van der Waals surface area contributed by atoms with Crippen LogP contribution in [-0.4, -0.2) is 26.9 Å². The molecule has 0 atom stereocenters. The monoisotopic (exact) mass is 371 g/mol.